The Morgan fingerprint density at radius 2 is 2.27 bits per heavy atom. The van der Waals surface area contributed by atoms with E-state index in [1.807, 2.05) is 0 Å². The van der Waals surface area contributed by atoms with Crippen molar-refractivity contribution >= 4 is 17.4 Å². The fraction of sp³-hybridized carbons (Fsp3) is 0. The molecule has 2 heterocycles. The van der Waals surface area contributed by atoms with Crippen LogP contribution in [0.2, 0.25) is 0 Å². The second-order valence-electron chi connectivity index (χ2n) is 2.94. The topological polar surface area (TPSA) is 81.1 Å². The van der Waals surface area contributed by atoms with Gasteiger partial charge in [-0.05, 0) is 18.2 Å². The number of aromatic nitrogens is 1. The molecule has 0 unspecified atom stereocenters. The lowest BCUT2D eigenvalue weighted by atomic mass is 10.3. The van der Waals surface area contributed by atoms with Gasteiger partial charge in [-0.1, -0.05) is 0 Å². The Morgan fingerprint density at radius 1 is 1.40 bits per heavy atom. The number of furan rings is 1. The van der Waals surface area contributed by atoms with Crippen molar-refractivity contribution in [3.63, 3.8) is 0 Å². The van der Waals surface area contributed by atoms with E-state index in [-0.39, 0.29) is 5.91 Å². The molecule has 3 N–H and O–H groups in total. The molecule has 0 bridgehead atoms. The van der Waals surface area contributed by atoms with Gasteiger partial charge < -0.3 is 15.5 Å². The molecule has 0 aromatic carbocycles. The molecular formula is C10H9N3O2. The molecular weight excluding hydrogens is 194 g/mol. The van der Waals surface area contributed by atoms with Gasteiger partial charge in [0.1, 0.15) is 12.1 Å². The molecule has 0 atom stereocenters. The summed E-state index contributed by atoms with van der Waals surface area (Å²) >= 11 is 0. The monoisotopic (exact) mass is 203 g/mol. The summed E-state index contributed by atoms with van der Waals surface area (Å²) in [7, 11) is 0. The van der Waals surface area contributed by atoms with Gasteiger partial charge in [0.25, 0.3) is 5.91 Å². The quantitative estimate of drug-likeness (QED) is 0.775. The number of anilines is 2. The zero-order valence-electron chi connectivity index (χ0n) is 7.81. The van der Waals surface area contributed by atoms with Crippen LogP contribution in [0.25, 0.3) is 0 Å². The minimum Gasteiger partial charge on any atom is -0.472 e. The van der Waals surface area contributed by atoms with E-state index in [1.54, 1.807) is 18.2 Å². The second kappa shape index (κ2) is 3.83. The molecule has 0 saturated carbocycles. The Kier molecular flexibility index (Phi) is 2.37. The number of hydrogen-bond donors (Lipinski definition) is 2. The maximum Gasteiger partial charge on any atom is 0.260 e. The number of hydrogen-bond acceptors (Lipinski definition) is 4. The van der Waals surface area contributed by atoms with Crippen molar-refractivity contribution in [1.82, 2.24) is 4.98 Å². The first-order valence-corrected chi connectivity index (χ1v) is 4.31. The highest BCUT2D eigenvalue weighted by Crippen LogP contribution is 2.08. The molecule has 76 valence electrons. The summed E-state index contributed by atoms with van der Waals surface area (Å²) in [4.78, 5) is 15.5. The van der Waals surface area contributed by atoms with E-state index in [0.29, 0.717) is 17.1 Å². The molecule has 0 spiro atoms. The molecule has 0 aliphatic heterocycles. The lowest BCUT2D eigenvalue weighted by Gasteiger charge is -2.01. The number of nitrogens with one attached hydrogen (secondary N) is 1. The highest BCUT2D eigenvalue weighted by molar-refractivity contribution is 6.03. The van der Waals surface area contributed by atoms with Crippen LogP contribution in [0.5, 0.6) is 0 Å². The number of amides is 1. The third-order valence-electron chi connectivity index (χ3n) is 1.81. The smallest absolute Gasteiger partial charge is 0.260 e. The number of pyridine rings is 1. The maximum absolute atomic E-state index is 11.5. The number of nitrogen functional groups attached to an aromatic ring is 1. The van der Waals surface area contributed by atoms with Gasteiger partial charge in [-0.15, -0.1) is 0 Å². The summed E-state index contributed by atoms with van der Waals surface area (Å²) in [6.45, 7) is 0. The minimum absolute atomic E-state index is 0.263. The molecule has 0 aliphatic carbocycles. The Balaban J connectivity index is 2.09. The third kappa shape index (κ3) is 2.14. The van der Waals surface area contributed by atoms with Crippen LogP contribution in [0.3, 0.4) is 0 Å². The van der Waals surface area contributed by atoms with Gasteiger partial charge in [-0.2, -0.15) is 0 Å². The van der Waals surface area contributed by atoms with E-state index >= 15 is 0 Å². The summed E-state index contributed by atoms with van der Waals surface area (Å²) in [5.41, 5.74) is 6.47. The van der Waals surface area contributed by atoms with Crippen LogP contribution in [-0.4, -0.2) is 10.9 Å². The number of nitrogens with zero attached hydrogens (tertiary/aromatic N) is 1. The van der Waals surface area contributed by atoms with Gasteiger partial charge in [-0.25, -0.2) is 4.98 Å². The van der Waals surface area contributed by atoms with Crippen molar-refractivity contribution in [1.29, 1.82) is 0 Å². The van der Waals surface area contributed by atoms with E-state index in [4.69, 9.17) is 10.2 Å². The van der Waals surface area contributed by atoms with E-state index in [1.165, 1.54) is 18.7 Å². The molecule has 1 amide bonds. The zero-order chi connectivity index (χ0) is 10.7. The number of carbonyl (C=O) groups is 1. The SMILES string of the molecule is Nc1ccc(NC(=O)c2ccoc2)nc1. The van der Waals surface area contributed by atoms with Crippen molar-refractivity contribution in [2.45, 2.75) is 0 Å². The molecule has 0 aliphatic rings. The maximum atomic E-state index is 11.5. The molecule has 2 aromatic rings. The van der Waals surface area contributed by atoms with Crippen LogP contribution in [0, 0.1) is 0 Å². The van der Waals surface area contributed by atoms with Gasteiger partial charge >= 0.3 is 0 Å². The Morgan fingerprint density at radius 3 is 2.87 bits per heavy atom. The zero-order valence-corrected chi connectivity index (χ0v) is 7.81. The summed E-state index contributed by atoms with van der Waals surface area (Å²) in [5, 5.41) is 2.61. The van der Waals surface area contributed by atoms with E-state index in [2.05, 4.69) is 10.3 Å². The second-order valence-corrected chi connectivity index (χ2v) is 2.94. The minimum atomic E-state index is -0.263. The van der Waals surface area contributed by atoms with Crippen LogP contribution in [0.4, 0.5) is 11.5 Å². The summed E-state index contributed by atoms with van der Waals surface area (Å²) in [6, 6.07) is 4.87. The summed E-state index contributed by atoms with van der Waals surface area (Å²) in [6.07, 6.45) is 4.28. The predicted octanol–water partition coefficient (Wildman–Crippen LogP) is 1.51. The Labute approximate surface area is 85.9 Å². The van der Waals surface area contributed by atoms with Gasteiger partial charge in [0.2, 0.25) is 0 Å². The van der Waals surface area contributed by atoms with Gasteiger partial charge in [0, 0.05) is 0 Å². The molecule has 2 rings (SSSR count). The average molecular weight is 203 g/mol. The normalized spacial score (nSPS) is 9.87. The predicted molar refractivity (Wildman–Crippen MR) is 55.3 cm³/mol. The first kappa shape index (κ1) is 9.26. The van der Waals surface area contributed by atoms with Crippen molar-refractivity contribution in [3.05, 3.63) is 42.5 Å². The fourth-order valence-electron chi connectivity index (χ4n) is 1.06. The Hall–Kier alpha value is -2.30. The lowest BCUT2D eigenvalue weighted by molar-refractivity contribution is 0.102. The van der Waals surface area contributed by atoms with Crippen molar-refractivity contribution in [3.8, 4) is 0 Å². The lowest BCUT2D eigenvalue weighted by Crippen LogP contribution is -2.11. The van der Waals surface area contributed by atoms with Crippen molar-refractivity contribution in [2.75, 3.05) is 11.1 Å². The highest BCUT2D eigenvalue weighted by Gasteiger charge is 2.07. The van der Waals surface area contributed by atoms with Crippen LogP contribution >= 0.6 is 0 Å². The molecule has 2 aromatic heterocycles. The van der Waals surface area contributed by atoms with Gasteiger partial charge in [0.05, 0.1) is 23.7 Å². The largest absolute Gasteiger partial charge is 0.472 e. The fourth-order valence-corrected chi connectivity index (χ4v) is 1.06. The third-order valence-corrected chi connectivity index (χ3v) is 1.81. The van der Waals surface area contributed by atoms with Crippen LogP contribution < -0.4 is 11.1 Å². The molecule has 5 heteroatoms. The van der Waals surface area contributed by atoms with Crippen molar-refractivity contribution in [2.24, 2.45) is 0 Å². The first-order chi connectivity index (χ1) is 7.25. The van der Waals surface area contributed by atoms with Crippen molar-refractivity contribution < 1.29 is 9.21 Å². The average Bonchev–Trinajstić information content (AvgIpc) is 2.74. The molecule has 0 saturated heterocycles. The highest BCUT2D eigenvalue weighted by atomic mass is 16.3. The van der Waals surface area contributed by atoms with E-state index < -0.39 is 0 Å². The molecule has 5 nitrogen and oxygen atoms in total. The summed E-state index contributed by atoms with van der Waals surface area (Å²) in [5.74, 6) is 0.191. The number of carbonyl (C=O) groups excluding carboxylic acids is 1. The van der Waals surface area contributed by atoms with Crippen LogP contribution in [0.1, 0.15) is 10.4 Å². The molecule has 0 fully saturated rings. The summed E-state index contributed by atoms with van der Waals surface area (Å²) < 4.78 is 4.79. The van der Waals surface area contributed by atoms with E-state index in [0.717, 1.165) is 0 Å². The van der Waals surface area contributed by atoms with Gasteiger partial charge in [-0.3, -0.25) is 4.79 Å². The number of nitrogens with two attached hydrogens (primary N) is 1. The molecule has 15 heavy (non-hydrogen) atoms. The number of rotatable bonds is 2. The van der Waals surface area contributed by atoms with Crippen LogP contribution in [-0.2, 0) is 0 Å². The van der Waals surface area contributed by atoms with Crippen LogP contribution in [0.15, 0.2) is 41.3 Å². The molecule has 0 radical (unpaired) electrons. The van der Waals surface area contributed by atoms with E-state index in [9.17, 15) is 4.79 Å². The Bertz CT molecular complexity index is 448. The van der Waals surface area contributed by atoms with Gasteiger partial charge in [0.15, 0.2) is 0 Å². The first-order valence-electron chi connectivity index (χ1n) is 4.31. The standard InChI is InChI=1S/C10H9N3O2/c11-8-1-2-9(12-5-8)13-10(14)7-3-4-15-6-7/h1-6H,11H2,(H,12,13,14).